The van der Waals surface area contributed by atoms with E-state index in [4.69, 9.17) is 0 Å². The maximum absolute atomic E-state index is 3.86. The van der Waals surface area contributed by atoms with Crippen molar-refractivity contribution in [2.24, 2.45) is 23.7 Å². The third-order valence-electron chi connectivity index (χ3n) is 5.75. The summed E-state index contributed by atoms with van der Waals surface area (Å²) in [6, 6.07) is 0. The lowest BCUT2D eigenvalue weighted by molar-refractivity contribution is 0.198. The van der Waals surface area contributed by atoms with Gasteiger partial charge in [0.15, 0.2) is 0 Å². The van der Waals surface area contributed by atoms with Crippen molar-refractivity contribution < 1.29 is 0 Å². The number of alkyl halides is 1. The highest BCUT2D eigenvalue weighted by Gasteiger charge is 2.32. The second kappa shape index (κ2) is 6.29. The molecular formula is C17H31Br. The number of hydrogen-bond donors (Lipinski definition) is 0. The van der Waals surface area contributed by atoms with Crippen LogP contribution in [0.5, 0.6) is 0 Å². The van der Waals surface area contributed by atoms with Crippen molar-refractivity contribution in [3.8, 4) is 0 Å². The Morgan fingerprint density at radius 2 is 1.61 bits per heavy atom. The monoisotopic (exact) mass is 314 g/mol. The Balaban J connectivity index is 1.89. The average Bonchev–Trinajstić information content (AvgIpc) is 2.49. The number of halogens is 1. The van der Waals surface area contributed by atoms with Gasteiger partial charge in [-0.25, -0.2) is 0 Å². The molecule has 0 heterocycles. The van der Waals surface area contributed by atoms with Crippen LogP contribution in [0.25, 0.3) is 0 Å². The first-order valence-electron chi connectivity index (χ1n) is 8.15. The molecule has 0 saturated heterocycles. The normalized spacial score (nSPS) is 35.7. The largest absolute Gasteiger partial charge is 0.0856 e. The molecule has 0 amide bonds. The molecule has 0 aromatic heterocycles. The Kier molecular flexibility index (Phi) is 5.20. The van der Waals surface area contributed by atoms with E-state index in [0.717, 1.165) is 23.7 Å². The average molecular weight is 315 g/mol. The first kappa shape index (κ1) is 14.9. The van der Waals surface area contributed by atoms with Gasteiger partial charge in [0.1, 0.15) is 0 Å². The predicted molar refractivity (Wildman–Crippen MR) is 84.2 cm³/mol. The highest BCUT2D eigenvalue weighted by atomic mass is 79.9. The molecule has 0 N–H and O–H groups in total. The molecule has 4 atom stereocenters. The summed E-state index contributed by atoms with van der Waals surface area (Å²) < 4.78 is 0.311. The summed E-state index contributed by atoms with van der Waals surface area (Å²) in [5.41, 5.74) is 0. The molecule has 0 nitrogen and oxygen atoms in total. The molecule has 2 fully saturated rings. The van der Waals surface area contributed by atoms with Crippen LogP contribution in [0.15, 0.2) is 0 Å². The van der Waals surface area contributed by atoms with Crippen LogP contribution in [0.3, 0.4) is 0 Å². The van der Waals surface area contributed by atoms with Crippen LogP contribution in [0.1, 0.15) is 78.6 Å². The van der Waals surface area contributed by atoms with Gasteiger partial charge in [0.2, 0.25) is 0 Å². The molecule has 106 valence electrons. The predicted octanol–water partition coefficient (Wildman–Crippen LogP) is 6.18. The van der Waals surface area contributed by atoms with Crippen LogP contribution < -0.4 is 0 Å². The quantitative estimate of drug-likeness (QED) is 0.545. The molecule has 2 aliphatic carbocycles. The summed E-state index contributed by atoms with van der Waals surface area (Å²) in [7, 11) is 0. The van der Waals surface area contributed by atoms with Crippen molar-refractivity contribution in [2.45, 2.75) is 82.9 Å². The molecule has 0 bridgehead atoms. The van der Waals surface area contributed by atoms with Crippen molar-refractivity contribution >= 4 is 15.9 Å². The highest BCUT2D eigenvalue weighted by molar-refractivity contribution is 9.10. The van der Waals surface area contributed by atoms with Gasteiger partial charge in [0.25, 0.3) is 0 Å². The zero-order valence-corrected chi connectivity index (χ0v) is 14.1. The Bertz CT molecular complexity index is 253. The molecule has 2 saturated carbocycles. The Morgan fingerprint density at radius 3 is 2.28 bits per heavy atom. The first-order chi connectivity index (χ1) is 8.47. The minimum Gasteiger partial charge on any atom is -0.0856 e. The standard InChI is InChI=1S/C17H31Br/c1-13(17(2,3)18)11-14-7-6-10-15-8-4-5-9-16(15)12-14/h13-16H,4-12H2,1-3H3/t13?,14-,15?,16?/m1/s1. The van der Waals surface area contributed by atoms with Gasteiger partial charge in [-0.15, -0.1) is 0 Å². The van der Waals surface area contributed by atoms with Gasteiger partial charge in [-0.2, -0.15) is 0 Å². The van der Waals surface area contributed by atoms with Gasteiger partial charge < -0.3 is 0 Å². The molecule has 0 aromatic rings. The second-order valence-corrected chi connectivity index (χ2v) is 9.58. The van der Waals surface area contributed by atoms with Crippen LogP contribution in [-0.2, 0) is 0 Å². The second-order valence-electron chi connectivity index (χ2n) is 7.54. The van der Waals surface area contributed by atoms with Gasteiger partial charge in [0, 0.05) is 4.32 Å². The summed E-state index contributed by atoms with van der Waals surface area (Å²) in [5.74, 6) is 3.97. The van der Waals surface area contributed by atoms with E-state index in [9.17, 15) is 0 Å². The smallest absolute Gasteiger partial charge is 0.0227 e. The van der Waals surface area contributed by atoms with E-state index < -0.39 is 0 Å². The van der Waals surface area contributed by atoms with Gasteiger partial charge in [-0.3, -0.25) is 0 Å². The van der Waals surface area contributed by atoms with Crippen molar-refractivity contribution in [1.29, 1.82) is 0 Å². The van der Waals surface area contributed by atoms with E-state index in [-0.39, 0.29) is 0 Å². The van der Waals surface area contributed by atoms with Crippen molar-refractivity contribution in [3.63, 3.8) is 0 Å². The number of hydrogen-bond acceptors (Lipinski definition) is 0. The Labute approximate surface area is 122 Å². The lowest BCUT2D eigenvalue weighted by atomic mass is 9.74. The SMILES string of the molecule is CC(C[C@H]1CCCC2CCCCC2C1)C(C)(C)Br. The van der Waals surface area contributed by atoms with E-state index in [0.29, 0.717) is 4.32 Å². The molecule has 0 aliphatic heterocycles. The summed E-state index contributed by atoms with van der Waals surface area (Å²) in [6.07, 6.45) is 13.6. The molecule has 2 aliphatic rings. The van der Waals surface area contributed by atoms with Gasteiger partial charge in [-0.05, 0) is 50.4 Å². The van der Waals surface area contributed by atoms with Crippen molar-refractivity contribution in [2.75, 3.05) is 0 Å². The van der Waals surface area contributed by atoms with Gasteiger partial charge in [0.05, 0.1) is 0 Å². The Hall–Kier alpha value is 0.480. The molecule has 0 spiro atoms. The molecular weight excluding hydrogens is 284 g/mol. The minimum atomic E-state index is 0.311. The lowest BCUT2D eigenvalue weighted by Gasteiger charge is -2.33. The van der Waals surface area contributed by atoms with Crippen molar-refractivity contribution in [3.05, 3.63) is 0 Å². The van der Waals surface area contributed by atoms with E-state index in [1.54, 1.807) is 0 Å². The number of rotatable bonds is 3. The zero-order valence-electron chi connectivity index (χ0n) is 12.6. The topological polar surface area (TPSA) is 0 Å². The van der Waals surface area contributed by atoms with Crippen LogP contribution in [0, 0.1) is 23.7 Å². The fourth-order valence-electron chi connectivity index (χ4n) is 4.18. The molecule has 0 radical (unpaired) electrons. The highest BCUT2D eigenvalue weighted by Crippen LogP contribution is 2.44. The molecule has 18 heavy (non-hydrogen) atoms. The summed E-state index contributed by atoms with van der Waals surface area (Å²) >= 11 is 3.86. The third kappa shape index (κ3) is 3.99. The molecule has 2 rings (SSSR count). The number of fused-ring (bicyclic) bond motifs is 1. The Morgan fingerprint density at radius 1 is 1.00 bits per heavy atom. The van der Waals surface area contributed by atoms with E-state index in [2.05, 4.69) is 36.7 Å². The van der Waals surface area contributed by atoms with E-state index >= 15 is 0 Å². The molecule has 3 unspecified atom stereocenters. The molecule has 0 aromatic carbocycles. The summed E-state index contributed by atoms with van der Waals surface area (Å²) in [6.45, 7) is 7.09. The fourth-order valence-corrected chi connectivity index (χ4v) is 4.37. The molecule has 1 heteroatoms. The fraction of sp³-hybridized carbons (Fsp3) is 1.00. The van der Waals surface area contributed by atoms with Crippen LogP contribution in [-0.4, -0.2) is 4.32 Å². The summed E-state index contributed by atoms with van der Waals surface area (Å²) in [4.78, 5) is 0. The van der Waals surface area contributed by atoms with Gasteiger partial charge in [-0.1, -0.05) is 67.8 Å². The van der Waals surface area contributed by atoms with Gasteiger partial charge >= 0.3 is 0 Å². The third-order valence-corrected chi connectivity index (χ3v) is 6.53. The maximum Gasteiger partial charge on any atom is 0.0227 e. The van der Waals surface area contributed by atoms with Crippen LogP contribution >= 0.6 is 15.9 Å². The van der Waals surface area contributed by atoms with Crippen LogP contribution in [0.2, 0.25) is 0 Å². The summed E-state index contributed by atoms with van der Waals surface area (Å²) in [5, 5.41) is 0. The van der Waals surface area contributed by atoms with E-state index in [1.807, 2.05) is 0 Å². The minimum absolute atomic E-state index is 0.311. The van der Waals surface area contributed by atoms with Crippen molar-refractivity contribution in [1.82, 2.24) is 0 Å². The first-order valence-corrected chi connectivity index (χ1v) is 8.95. The maximum atomic E-state index is 3.86. The lowest BCUT2D eigenvalue weighted by Crippen LogP contribution is -2.25. The van der Waals surface area contributed by atoms with E-state index in [1.165, 1.54) is 57.8 Å². The zero-order chi connectivity index (χ0) is 13.2. The van der Waals surface area contributed by atoms with Crippen LogP contribution in [0.4, 0.5) is 0 Å².